The lowest BCUT2D eigenvalue weighted by molar-refractivity contribution is -0.137. The highest BCUT2D eigenvalue weighted by molar-refractivity contribution is 6.01. The fraction of sp³-hybridized carbons (Fsp3) is 0.333. The molecular weight excluding hydrogens is 548 g/mol. The van der Waals surface area contributed by atoms with Crippen molar-refractivity contribution in [1.82, 2.24) is 10.2 Å². The summed E-state index contributed by atoms with van der Waals surface area (Å²) >= 11 is 0. The molecule has 43 heavy (non-hydrogen) atoms. The van der Waals surface area contributed by atoms with Crippen LogP contribution in [0.2, 0.25) is 0 Å². The Morgan fingerprint density at radius 2 is 1.65 bits per heavy atom. The van der Waals surface area contributed by atoms with E-state index in [2.05, 4.69) is 15.5 Å². The Balaban J connectivity index is 1.35. The number of hydrogen-bond donors (Lipinski definition) is 3. The number of ether oxygens (including phenoxy) is 1. The summed E-state index contributed by atoms with van der Waals surface area (Å²) in [6.07, 6.45) is 0.581. The number of aliphatic carboxylic acids is 1. The highest BCUT2D eigenvalue weighted by atomic mass is 16.5. The van der Waals surface area contributed by atoms with Crippen molar-refractivity contribution in [3.8, 4) is 0 Å². The number of hydrogen-bond acceptors (Lipinski definition) is 6. The molecule has 2 aliphatic heterocycles. The van der Waals surface area contributed by atoms with E-state index in [4.69, 9.17) is 4.74 Å². The molecule has 0 bridgehead atoms. The van der Waals surface area contributed by atoms with Gasteiger partial charge in [-0.3, -0.25) is 19.2 Å². The molecule has 5 rings (SSSR count). The highest BCUT2D eigenvalue weighted by Crippen LogP contribution is 2.30. The third-order valence-electron chi connectivity index (χ3n) is 7.83. The summed E-state index contributed by atoms with van der Waals surface area (Å²) in [6.45, 7) is 4.55. The maximum absolute atomic E-state index is 13.4. The molecule has 0 aliphatic carbocycles. The normalized spacial score (nSPS) is 17.3. The van der Waals surface area contributed by atoms with Crippen LogP contribution in [0, 0.1) is 6.92 Å². The lowest BCUT2D eigenvalue weighted by atomic mass is 10.0. The fourth-order valence-corrected chi connectivity index (χ4v) is 5.43. The first-order valence-electron chi connectivity index (χ1n) is 14.5. The lowest BCUT2D eigenvalue weighted by Gasteiger charge is -2.37. The molecule has 224 valence electrons. The van der Waals surface area contributed by atoms with E-state index < -0.39 is 24.0 Å². The molecule has 0 saturated carbocycles. The molecular formula is C33H36N4O6. The monoisotopic (exact) mass is 584 g/mol. The molecule has 0 spiro atoms. The van der Waals surface area contributed by atoms with Gasteiger partial charge in [0, 0.05) is 43.9 Å². The minimum Gasteiger partial charge on any atom is -0.481 e. The zero-order valence-electron chi connectivity index (χ0n) is 24.1. The van der Waals surface area contributed by atoms with E-state index in [1.807, 2.05) is 54.3 Å². The number of carboxylic acid groups (broad SMARTS) is 1. The summed E-state index contributed by atoms with van der Waals surface area (Å²) in [6, 6.07) is 20.9. The topological polar surface area (TPSA) is 128 Å². The minimum absolute atomic E-state index is 0.0244. The van der Waals surface area contributed by atoms with Crippen LogP contribution in [0.5, 0.6) is 0 Å². The van der Waals surface area contributed by atoms with Gasteiger partial charge in [0.25, 0.3) is 17.7 Å². The number of nitrogens with one attached hydrogen (secondary N) is 2. The molecule has 2 unspecified atom stereocenters. The first kappa shape index (κ1) is 29.8. The quantitative estimate of drug-likeness (QED) is 0.347. The van der Waals surface area contributed by atoms with Gasteiger partial charge < -0.3 is 30.3 Å². The Labute approximate surface area is 250 Å². The van der Waals surface area contributed by atoms with Gasteiger partial charge in [-0.25, -0.2) is 0 Å². The van der Waals surface area contributed by atoms with Crippen molar-refractivity contribution in [1.29, 1.82) is 0 Å². The number of aryl methyl sites for hydroxylation is 1. The van der Waals surface area contributed by atoms with E-state index >= 15 is 0 Å². The molecule has 10 heteroatoms. The molecule has 0 aromatic heterocycles. The minimum atomic E-state index is -1.03. The van der Waals surface area contributed by atoms with Gasteiger partial charge >= 0.3 is 5.97 Å². The zero-order chi connectivity index (χ0) is 30.3. The number of benzene rings is 3. The predicted octanol–water partition coefficient (Wildman–Crippen LogP) is 4.02. The molecule has 2 saturated heterocycles. The van der Waals surface area contributed by atoms with Gasteiger partial charge in [-0.05, 0) is 55.7 Å². The Bertz CT molecular complexity index is 1460. The smallest absolute Gasteiger partial charge is 0.305 e. The van der Waals surface area contributed by atoms with Crippen molar-refractivity contribution in [3.63, 3.8) is 0 Å². The third kappa shape index (κ3) is 7.39. The first-order valence-corrected chi connectivity index (χ1v) is 14.5. The maximum atomic E-state index is 13.4. The SMILES string of the molecule is Cc1ccc(C(CC(=O)O)NC(=O)c2ccc(N3CCN(C(=O)c4ccccc4)CC3)c(NC(=O)C3CCCO3)c2)cc1. The third-order valence-corrected chi connectivity index (χ3v) is 7.83. The lowest BCUT2D eigenvalue weighted by Crippen LogP contribution is -2.49. The zero-order valence-corrected chi connectivity index (χ0v) is 24.1. The molecule has 3 amide bonds. The Hall–Kier alpha value is -4.70. The number of piperazine rings is 1. The van der Waals surface area contributed by atoms with Gasteiger partial charge in [0.2, 0.25) is 0 Å². The standard InChI is InChI=1S/C33H36N4O6/c1-22-9-11-23(12-10-22)26(21-30(38)39)34-31(40)25-13-14-28(27(20-25)35-32(41)29-8-5-19-43-29)36-15-17-37(18-16-36)33(42)24-6-3-2-4-7-24/h2-4,6-7,9-14,20,26,29H,5,8,15-19,21H2,1H3,(H,34,40)(H,35,41)(H,38,39). The van der Waals surface area contributed by atoms with Crippen molar-refractivity contribution in [2.75, 3.05) is 43.0 Å². The van der Waals surface area contributed by atoms with Crippen LogP contribution in [0.3, 0.4) is 0 Å². The molecule has 2 aliphatic rings. The molecule has 3 aromatic carbocycles. The summed E-state index contributed by atoms with van der Waals surface area (Å²) in [5.41, 5.74) is 3.83. The van der Waals surface area contributed by atoms with Crippen molar-refractivity contribution >= 4 is 35.1 Å². The van der Waals surface area contributed by atoms with Crippen molar-refractivity contribution in [2.45, 2.75) is 38.3 Å². The summed E-state index contributed by atoms with van der Waals surface area (Å²) in [5.74, 6) is -1.79. The van der Waals surface area contributed by atoms with Gasteiger partial charge in [0.1, 0.15) is 6.10 Å². The van der Waals surface area contributed by atoms with Crippen LogP contribution >= 0.6 is 0 Å². The van der Waals surface area contributed by atoms with E-state index in [0.717, 1.165) is 17.7 Å². The van der Waals surface area contributed by atoms with E-state index in [0.29, 0.717) is 56.0 Å². The Morgan fingerprint density at radius 1 is 0.930 bits per heavy atom. The number of carboxylic acids is 1. The summed E-state index contributed by atoms with van der Waals surface area (Å²) < 4.78 is 5.57. The van der Waals surface area contributed by atoms with E-state index in [-0.39, 0.29) is 23.8 Å². The van der Waals surface area contributed by atoms with Crippen LogP contribution in [0.15, 0.2) is 72.8 Å². The summed E-state index contributed by atoms with van der Waals surface area (Å²) in [7, 11) is 0. The van der Waals surface area contributed by atoms with Crippen LogP contribution in [-0.2, 0) is 14.3 Å². The maximum Gasteiger partial charge on any atom is 0.305 e. The number of nitrogens with zero attached hydrogens (tertiary/aromatic N) is 2. The first-order chi connectivity index (χ1) is 20.8. The molecule has 3 N–H and O–H groups in total. The second kappa shape index (κ2) is 13.5. The predicted molar refractivity (Wildman–Crippen MR) is 162 cm³/mol. The van der Waals surface area contributed by atoms with Crippen LogP contribution in [0.25, 0.3) is 0 Å². The average Bonchev–Trinajstić information content (AvgIpc) is 3.57. The summed E-state index contributed by atoms with van der Waals surface area (Å²) in [5, 5.41) is 15.3. The van der Waals surface area contributed by atoms with Gasteiger partial charge in [0.15, 0.2) is 0 Å². The van der Waals surface area contributed by atoms with Crippen LogP contribution in [-0.4, -0.2) is 72.6 Å². The molecule has 2 fully saturated rings. The fourth-order valence-electron chi connectivity index (χ4n) is 5.43. The van der Waals surface area contributed by atoms with Gasteiger partial charge in [0.05, 0.1) is 23.8 Å². The molecule has 2 heterocycles. The number of carbonyl (C=O) groups excluding carboxylic acids is 3. The number of amides is 3. The Morgan fingerprint density at radius 3 is 2.30 bits per heavy atom. The molecule has 2 atom stereocenters. The summed E-state index contributed by atoms with van der Waals surface area (Å²) in [4.78, 5) is 54.9. The number of rotatable bonds is 9. The van der Waals surface area contributed by atoms with Crippen LogP contribution < -0.4 is 15.5 Å². The van der Waals surface area contributed by atoms with Crippen molar-refractivity contribution < 1.29 is 29.0 Å². The number of carbonyl (C=O) groups is 4. The van der Waals surface area contributed by atoms with Gasteiger partial charge in [-0.1, -0.05) is 48.0 Å². The van der Waals surface area contributed by atoms with Crippen LogP contribution in [0.4, 0.5) is 11.4 Å². The average molecular weight is 585 g/mol. The van der Waals surface area contributed by atoms with E-state index in [9.17, 15) is 24.3 Å². The van der Waals surface area contributed by atoms with Crippen molar-refractivity contribution in [2.24, 2.45) is 0 Å². The van der Waals surface area contributed by atoms with E-state index in [1.54, 1.807) is 30.3 Å². The highest BCUT2D eigenvalue weighted by Gasteiger charge is 2.28. The second-order valence-electron chi connectivity index (χ2n) is 10.9. The Kier molecular flexibility index (Phi) is 9.36. The van der Waals surface area contributed by atoms with Gasteiger partial charge in [-0.2, -0.15) is 0 Å². The largest absolute Gasteiger partial charge is 0.481 e. The molecule has 0 radical (unpaired) electrons. The van der Waals surface area contributed by atoms with Crippen molar-refractivity contribution in [3.05, 3.63) is 95.1 Å². The molecule has 3 aromatic rings. The molecule has 10 nitrogen and oxygen atoms in total. The second-order valence-corrected chi connectivity index (χ2v) is 10.9. The number of anilines is 2. The van der Waals surface area contributed by atoms with Gasteiger partial charge in [-0.15, -0.1) is 0 Å². The van der Waals surface area contributed by atoms with E-state index in [1.165, 1.54) is 0 Å². The van der Waals surface area contributed by atoms with Crippen LogP contribution in [0.1, 0.15) is 57.1 Å².